The number of hydrogen-bond donors (Lipinski definition) is 2. The van der Waals surface area contributed by atoms with Crippen molar-refractivity contribution in [3.05, 3.63) is 27.8 Å². The monoisotopic (exact) mass is 291 g/mol. The summed E-state index contributed by atoms with van der Waals surface area (Å²) in [5, 5.41) is 11.5. The van der Waals surface area contributed by atoms with Crippen molar-refractivity contribution in [3.8, 4) is 0 Å². The van der Waals surface area contributed by atoms with Gasteiger partial charge in [0.2, 0.25) is 0 Å². The molecule has 0 spiro atoms. The summed E-state index contributed by atoms with van der Waals surface area (Å²) in [6, 6.07) is 7.39. The van der Waals surface area contributed by atoms with Crippen LogP contribution >= 0.6 is 22.6 Å². The number of anilines is 1. The fourth-order valence-corrected chi connectivity index (χ4v) is 1.36. The van der Waals surface area contributed by atoms with E-state index in [1.807, 2.05) is 18.2 Å². The lowest BCUT2D eigenvalue weighted by Crippen LogP contribution is -2.24. The largest absolute Gasteiger partial charge is 0.384 e. The molecule has 0 radical (unpaired) electrons. The topological polar surface area (TPSA) is 49.3 Å². The standard InChI is InChI=1S/C9H10INO2/c1-6(12)9(13)11-8-4-2-3-7(10)5-8/h2-6,12H,1H3,(H,11,13)/t6-/m0/s1. The van der Waals surface area contributed by atoms with E-state index in [4.69, 9.17) is 5.11 Å². The van der Waals surface area contributed by atoms with Crippen LogP contribution in [0.5, 0.6) is 0 Å². The second kappa shape index (κ2) is 4.57. The van der Waals surface area contributed by atoms with Gasteiger partial charge in [-0.1, -0.05) is 6.07 Å². The first-order valence-corrected chi connectivity index (χ1v) is 4.92. The van der Waals surface area contributed by atoms with Gasteiger partial charge < -0.3 is 10.4 Å². The van der Waals surface area contributed by atoms with Crippen LogP contribution in [0.15, 0.2) is 24.3 Å². The Balaban J connectivity index is 2.69. The van der Waals surface area contributed by atoms with Gasteiger partial charge in [0.1, 0.15) is 6.10 Å². The molecule has 1 aromatic carbocycles. The number of aliphatic hydroxyl groups is 1. The maximum absolute atomic E-state index is 11.1. The number of aliphatic hydroxyl groups excluding tert-OH is 1. The normalized spacial score (nSPS) is 12.2. The summed E-state index contributed by atoms with van der Waals surface area (Å²) in [5.41, 5.74) is 0.706. The maximum atomic E-state index is 11.1. The average molecular weight is 291 g/mol. The zero-order chi connectivity index (χ0) is 9.84. The van der Waals surface area contributed by atoms with Crippen molar-refractivity contribution < 1.29 is 9.90 Å². The van der Waals surface area contributed by atoms with Crippen molar-refractivity contribution in [3.63, 3.8) is 0 Å². The number of rotatable bonds is 2. The predicted molar refractivity (Wildman–Crippen MR) is 59.5 cm³/mol. The second-order valence-electron chi connectivity index (χ2n) is 2.68. The molecule has 0 aliphatic rings. The molecule has 70 valence electrons. The molecule has 1 aromatic rings. The van der Waals surface area contributed by atoms with Crippen LogP contribution in [0.1, 0.15) is 6.92 Å². The van der Waals surface area contributed by atoms with Gasteiger partial charge in [-0.25, -0.2) is 0 Å². The van der Waals surface area contributed by atoms with Crippen molar-refractivity contribution in [2.45, 2.75) is 13.0 Å². The van der Waals surface area contributed by atoms with Gasteiger partial charge in [0.15, 0.2) is 0 Å². The molecule has 1 rings (SSSR count). The van der Waals surface area contributed by atoms with E-state index in [0.29, 0.717) is 5.69 Å². The van der Waals surface area contributed by atoms with E-state index in [-0.39, 0.29) is 5.91 Å². The minimum atomic E-state index is -0.974. The van der Waals surface area contributed by atoms with E-state index in [0.717, 1.165) is 3.57 Å². The fraction of sp³-hybridized carbons (Fsp3) is 0.222. The van der Waals surface area contributed by atoms with Gasteiger partial charge in [0, 0.05) is 9.26 Å². The molecule has 0 saturated heterocycles. The third kappa shape index (κ3) is 3.31. The van der Waals surface area contributed by atoms with Gasteiger partial charge in [0.05, 0.1) is 0 Å². The summed E-state index contributed by atoms with van der Waals surface area (Å²) in [5.74, 6) is -0.387. The third-order valence-corrected chi connectivity index (χ3v) is 2.14. The van der Waals surface area contributed by atoms with Crippen LogP contribution in [0.3, 0.4) is 0 Å². The zero-order valence-corrected chi connectivity index (χ0v) is 9.28. The number of halogens is 1. The molecule has 0 aliphatic carbocycles. The first kappa shape index (κ1) is 10.5. The van der Waals surface area contributed by atoms with Crippen molar-refractivity contribution in [1.29, 1.82) is 0 Å². The number of carbonyl (C=O) groups is 1. The van der Waals surface area contributed by atoms with Crippen molar-refractivity contribution in [2.24, 2.45) is 0 Å². The van der Waals surface area contributed by atoms with E-state index in [9.17, 15) is 4.79 Å². The fourth-order valence-electron chi connectivity index (χ4n) is 0.813. The Labute approximate surface area is 90.3 Å². The highest BCUT2D eigenvalue weighted by molar-refractivity contribution is 14.1. The lowest BCUT2D eigenvalue weighted by Gasteiger charge is -2.06. The van der Waals surface area contributed by atoms with E-state index >= 15 is 0 Å². The predicted octanol–water partition coefficient (Wildman–Crippen LogP) is 1.61. The average Bonchev–Trinajstić information content (AvgIpc) is 2.04. The van der Waals surface area contributed by atoms with Gasteiger partial charge in [0.25, 0.3) is 5.91 Å². The Kier molecular flexibility index (Phi) is 3.68. The number of hydrogen-bond acceptors (Lipinski definition) is 2. The van der Waals surface area contributed by atoms with Gasteiger partial charge >= 0.3 is 0 Å². The Morgan fingerprint density at radius 3 is 2.85 bits per heavy atom. The summed E-state index contributed by atoms with van der Waals surface area (Å²) in [6.07, 6.45) is -0.974. The summed E-state index contributed by atoms with van der Waals surface area (Å²) in [6.45, 7) is 1.43. The van der Waals surface area contributed by atoms with Crippen LogP contribution in [0.25, 0.3) is 0 Å². The molecule has 4 heteroatoms. The molecule has 0 fully saturated rings. The van der Waals surface area contributed by atoms with E-state index in [2.05, 4.69) is 27.9 Å². The zero-order valence-electron chi connectivity index (χ0n) is 7.12. The summed E-state index contributed by atoms with van der Waals surface area (Å²) in [4.78, 5) is 11.1. The minimum Gasteiger partial charge on any atom is -0.384 e. The number of amides is 1. The molecule has 2 N–H and O–H groups in total. The highest BCUT2D eigenvalue weighted by Gasteiger charge is 2.07. The van der Waals surface area contributed by atoms with Gasteiger partial charge in [-0.2, -0.15) is 0 Å². The molecule has 1 atom stereocenters. The van der Waals surface area contributed by atoms with Crippen LogP contribution in [0.2, 0.25) is 0 Å². The Morgan fingerprint density at radius 1 is 1.62 bits per heavy atom. The van der Waals surface area contributed by atoms with E-state index in [1.54, 1.807) is 6.07 Å². The Morgan fingerprint density at radius 2 is 2.31 bits per heavy atom. The third-order valence-electron chi connectivity index (χ3n) is 1.47. The summed E-state index contributed by atoms with van der Waals surface area (Å²) in [7, 11) is 0. The first-order chi connectivity index (χ1) is 6.09. The number of nitrogens with one attached hydrogen (secondary N) is 1. The lowest BCUT2D eigenvalue weighted by atomic mass is 10.3. The maximum Gasteiger partial charge on any atom is 0.252 e. The SMILES string of the molecule is C[C@H](O)C(=O)Nc1cccc(I)c1. The van der Waals surface area contributed by atoms with E-state index < -0.39 is 6.10 Å². The van der Waals surface area contributed by atoms with E-state index in [1.165, 1.54) is 6.92 Å². The van der Waals surface area contributed by atoms with Gasteiger partial charge in [-0.05, 0) is 47.7 Å². The van der Waals surface area contributed by atoms with Crippen LogP contribution in [0, 0.1) is 3.57 Å². The smallest absolute Gasteiger partial charge is 0.252 e. The molecule has 3 nitrogen and oxygen atoms in total. The number of carbonyl (C=O) groups excluding carboxylic acids is 1. The Hall–Kier alpha value is -0.620. The van der Waals surface area contributed by atoms with Crippen LogP contribution in [-0.2, 0) is 4.79 Å². The molecule has 0 unspecified atom stereocenters. The van der Waals surface area contributed by atoms with Crippen molar-refractivity contribution >= 4 is 34.2 Å². The summed E-state index contributed by atoms with van der Waals surface area (Å²) >= 11 is 2.16. The molecule has 13 heavy (non-hydrogen) atoms. The quantitative estimate of drug-likeness (QED) is 0.813. The van der Waals surface area contributed by atoms with Crippen LogP contribution < -0.4 is 5.32 Å². The van der Waals surface area contributed by atoms with Crippen molar-refractivity contribution in [1.82, 2.24) is 0 Å². The van der Waals surface area contributed by atoms with Gasteiger partial charge in [-0.3, -0.25) is 4.79 Å². The number of benzene rings is 1. The molecule has 0 aliphatic heterocycles. The van der Waals surface area contributed by atoms with Gasteiger partial charge in [-0.15, -0.1) is 0 Å². The molecular weight excluding hydrogens is 281 g/mol. The highest BCUT2D eigenvalue weighted by atomic mass is 127. The highest BCUT2D eigenvalue weighted by Crippen LogP contribution is 2.12. The molecule has 0 saturated carbocycles. The molecule has 0 heterocycles. The van der Waals surface area contributed by atoms with Crippen LogP contribution in [-0.4, -0.2) is 17.1 Å². The van der Waals surface area contributed by atoms with Crippen molar-refractivity contribution in [2.75, 3.05) is 5.32 Å². The summed E-state index contributed by atoms with van der Waals surface area (Å²) < 4.78 is 1.04. The molecule has 0 bridgehead atoms. The molecular formula is C9H10INO2. The van der Waals surface area contributed by atoms with Crippen LogP contribution in [0.4, 0.5) is 5.69 Å². The minimum absolute atomic E-state index is 0.387. The Bertz CT molecular complexity index is 312. The molecule has 0 aromatic heterocycles. The first-order valence-electron chi connectivity index (χ1n) is 3.84. The second-order valence-corrected chi connectivity index (χ2v) is 3.92. The molecule has 1 amide bonds. The lowest BCUT2D eigenvalue weighted by molar-refractivity contribution is -0.123.